The van der Waals surface area contributed by atoms with Gasteiger partial charge in [0, 0.05) is 0 Å². The molecule has 0 spiro atoms. The first-order valence-corrected chi connectivity index (χ1v) is 5.36. The Morgan fingerprint density at radius 2 is 1.92 bits per heavy atom. The van der Waals surface area contributed by atoms with Crippen molar-refractivity contribution in [2.45, 2.75) is 11.8 Å². The van der Waals surface area contributed by atoms with Crippen molar-refractivity contribution < 1.29 is 9.29 Å². The lowest BCUT2D eigenvalue weighted by Gasteiger charge is -2.05. The summed E-state index contributed by atoms with van der Waals surface area (Å²) in [7, 11) is 0. The molecule has 0 heterocycles. The van der Waals surface area contributed by atoms with Crippen molar-refractivity contribution in [1.82, 2.24) is 0 Å². The molecule has 0 amide bonds. The van der Waals surface area contributed by atoms with E-state index in [1.807, 2.05) is 31.2 Å². The van der Waals surface area contributed by atoms with Gasteiger partial charge in [0.05, 0.1) is 6.61 Å². The van der Waals surface area contributed by atoms with Crippen molar-refractivity contribution in [3.8, 4) is 5.75 Å². The van der Waals surface area contributed by atoms with Gasteiger partial charge in [-0.1, -0.05) is 0 Å². The van der Waals surface area contributed by atoms with Crippen molar-refractivity contribution in [2.75, 3.05) is 12.9 Å². The van der Waals surface area contributed by atoms with Crippen molar-refractivity contribution in [3.05, 3.63) is 24.3 Å². The van der Waals surface area contributed by atoms with E-state index in [0.717, 1.165) is 10.6 Å². The fourth-order valence-corrected chi connectivity index (χ4v) is 1.41. The molecule has 0 fully saturated rings. The van der Waals surface area contributed by atoms with Crippen molar-refractivity contribution >= 4 is 11.2 Å². The van der Waals surface area contributed by atoms with E-state index in [2.05, 4.69) is 0 Å². The smallest absolute Gasteiger partial charge is 0.152 e. The third-order valence-corrected chi connectivity index (χ3v) is 2.40. The molecule has 3 heteroatoms. The molecule has 0 bridgehead atoms. The van der Waals surface area contributed by atoms with Crippen LogP contribution in [-0.2, 0) is 11.2 Å². The summed E-state index contributed by atoms with van der Waals surface area (Å²) in [6, 6.07) is 7.31. The maximum atomic E-state index is 11.0. The topological polar surface area (TPSA) is 32.3 Å². The first-order chi connectivity index (χ1) is 5.74. The van der Waals surface area contributed by atoms with E-state index < -0.39 is 11.2 Å². The van der Waals surface area contributed by atoms with Gasteiger partial charge < -0.3 is 9.29 Å². The standard InChI is InChI=1S/C9H12O2S/c1-3-11-8-4-6-9(7-5-8)12(2)10/h4-7H,3H2,1-2H3. The maximum absolute atomic E-state index is 11.0. The van der Waals surface area contributed by atoms with Crippen LogP contribution >= 0.6 is 0 Å². The van der Waals surface area contributed by atoms with Gasteiger partial charge in [-0.05, 0) is 42.4 Å². The van der Waals surface area contributed by atoms with Crippen molar-refractivity contribution in [3.63, 3.8) is 0 Å². The van der Waals surface area contributed by atoms with E-state index in [-0.39, 0.29) is 0 Å². The lowest BCUT2D eigenvalue weighted by molar-refractivity contribution is 0.340. The van der Waals surface area contributed by atoms with E-state index in [4.69, 9.17) is 4.74 Å². The number of hydrogen-bond acceptors (Lipinski definition) is 2. The van der Waals surface area contributed by atoms with Crippen LogP contribution in [0.15, 0.2) is 29.2 Å². The summed E-state index contributed by atoms with van der Waals surface area (Å²) < 4.78 is 16.2. The molecule has 0 N–H and O–H groups in total. The van der Waals surface area contributed by atoms with Crippen LogP contribution in [0.4, 0.5) is 0 Å². The predicted octanol–water partition coefficient (Wildman–Crippen LogP) is 1.82. The molecular weight excluding hydrogens is 172 g/mol. The zero-order valence-electron chi connectivity index (χ0n) is 7.24. The summed E-state index contributed by atoms with van der Waals surface area (Å²) in [5.74, 6) is 0.826. The first-order valence-electron chi connectivity index (χ1n) is 3.80. The van der Waals surface area contributed by atoms with Gasteiger partial charge in [0.15, 0.2) is 4.90 Å². The summed E-state index contributed by atoms with van der Waals surface area (Å²) in [5, 5.41) is 0. The molecule has 1 atom stereocenters. The molecule has 2 nitrogen and oxygen atoms in total. The lowest BCUT2D eigenvalue weighted by Crippen LogP contribution is -1.97. The van der Waals surface area contributed by atoms with Gasteiger partial charge in [0.2, 0.25) is 0 Å². The number of rotatable bonds is 3. The summed E-state index contributed by atoms with van der Waals surface area (Å²) in [4.78, 5) is 0.832. The summed E-state index contributed by atoms with van der Waals surface area (Å²) in [6.45, 7) is 2.60. The minimum absolute atomic E-state index is 0.661. The SMILES string of the molecule is CCOc1ccc([S+](C)[O-])cc1. The molecule has 1 rings (SSSR count). The van der Waals surface area contributed by atoms with Gasteiger partial charge in [-0.2, -0.15) is 0 Å². The summed E-state index contributed by atoms with van der Waals surface area (Å²) in [6.07, 6.45) is 1.66. The molecular formula is C9H12O2S. The van der Waals surface area contributed by atoms with Gasteiger partial charge in [-0.15, -0.1) is 0 Å². The molecule has 0 aliphatic rings. The number of hydrogen-bond donors (Lipinski definition) is 0. The van der Waals surface area contributed by atoms with Crippen LogP contribution in [0.5, 0.6) is 5.75 Å². The highest BCUT2D eigenvalue weighted by Gasteiger charge is 2.02. The highest BCUT2D eigenvalue weighted by molar-refractivity contribution is 7.90. The predicted molar refractivity (Wildman–Crippen MR) is 49.9 cm³/mol. The Hall–Kier alpha value is -0.670. The Labute approximate surface area is 75.7 Å². The van der Waals surface area contributed by atoms with E-state index in [9.17, 15) is 4.55 Å². The normalized spacial score (nSPS) is 12.6. The van der Waals surface area contributed by atoms with Gasteiger partial charge in [-0.3, -0.25) is 0 Å². The largest absolute Gasteiger partial charge is 0.612 e. The quantitative estimate of drug-likeness (QED) is 0.671. The van der Waals surface area contributed by atoms with Gasteiger partial charge in [0.1, 0.15) is 12.0 Å². The Morgan fingerprint density at radius 1 is 1.33 bits per heavy atom. The molecule has 0 aliphatic heterocycles. The third-order valence-electron chi connectivity index (χ3n) is 1.47. The Bertz CT molecular complexity index is 231. The fourth-order valence-electron chi connectivity index (χ4n) is 0.894. The zero-order chi connectivity index (χ0) is 8.97. The molecule has 12 heavy (non-hydrogen) atoms. The maximum Gasteiger partial charge on any atom is 0.152 e. The second kappa shape index (κ2) is 4.38. The van der Waals surface area contributed by atoms with Gasteiger partial charge in [-0.25, -0.2) is 0 Å². The van der Waals surface area contributed by atoms with Crippen molar-refractivity contribution in [2.24, 2.45) is 0 Å². The van der Waals surface area contributed by atoms with Gasteiger partial charge in [0.25, 0.3) is 0 Å². The average molecular weight is 184 g/mol. The van der Waals surface area contributed by atoms with Crippen LogP contribution in [0.3, 0.4) is 0 Å². The van der Waals surface area contributed by atoms with E-state index >= 15 is 0 Å². The fraction of sp³-hybridized carbons (Fsp3) is 0.333. The van der Waals surface area contributed by atoms with Crippen LogP contribution in [0.2, 0.25) is 0 Å². The van der Waals surface area contributed by atoms with E-state index in [1.54, 1.807) is 6.26 Å². The Morgan fingerprint density at radius 3 is 2.33 bits per heavy atom. The Balaban J connectivity index is 2.71. The first kappa shape index (κ1) is 9.42. The second-order valence-electron chi connectivity index (χ2n) is 2.36. The minimum Gasteiger partial charge on any atom is -0.612 e. The molecule has 0 radical (unpaired) electrons. The van der Waals surface area contributed by atoms with Crippen molar-refractivity contribution in [1.29, 1.82) is 0 Å². The molecule has 1 aromatic carbocycles. The van der Waals surface area contributed by atoms with Crippen LogP contribution in [0, 0.1) is 0 Å². The molecule has 0 saturated carbocycles. The average Bonchev–Trinajstić information content (AvgIpc) is 2.06. The Kier molecular flexibility index (Phi) is 3.44. The van der Waals surface area contributed by atoms with E-state index in [1.165, 1.54) is 0 Å². The highest BCUT2D eigenvalue weighted by Crippen LogP contribution is 2.15. The molecule has 1 aromatic rings. The molecule has 0 aliphatic carbocycles. The van der Waals surface area contributed by atoms with Crippen LogP contribution in [-0.4, -0.2) is 17.4 Å². The van der Waals surface area contributed by atoms with Crippen LogP contribution < -0.4 is 4.74 Å². The number of ether oxygens (including phenoxy) is 1. The highest BCUT2D eigenvalue weighted by atomic mass is 32.2. The molecule has 66 valence electrons. The molecule has 0 aromatic heterocycles. The lowest BCUT2D eigenvalue weighted by atomic mass is 10.3. The van der Waals surface area contributed by atoms with Crippen LogP contribution in [0.25, 0.3) is 0 Å². The molecule has 1 unspecified atom stereocenters. The minimum atomic E-state index is -0.897. The van der Waals surface area contributed by atoms with E-state index in [0.29, 0.717) is 6.61 Å². The summed E-state index contributed by atoms with van der Waals surface area (Å²) in [5.41, 5.74) is 0. The third kappa shape index (κ3) is 2.43. The van der Waals surface area contributed by atoms with Crippen LogP contribution in [0.1, 0.15) is 6.92 Å². The number of benzene rings is 1. The summed E-state index contributed by atoms with van der Waals surface area (Å²) >= 11 is -0.897. The second-order valence-corrected chi connectivity index (χ2v) is 3.74. The molecule has 0 saturated heterocycles. The van der Waals surface area contributed by atoms with Gasteiger partial charge >= 0.3 is 0 Å². The monoisotopic (exact) mass is 184 g/mol. The zero-order valence-corrected chi connectivity index (χ0v) is 8.06.